The van der Waals surface area contributed by atoms with E-state index in [0.717, 1.165) is 0 Å². The van der Waals surface area contributed by atoms with E-state index in [-0.39, 0.29) is 22.8 Å². The number of hydrogen-bond donors (Lipinski definition) is 0. The molecule has 13 rings (SSSR count). The predicted molar refractivity (Wildman–Crippen MR) is 293 cm³/mol. The third-order valence-corrected chi connectivity index (χ3v) is 18.0. The second-order valence-corrected chi connectivity index (χ2v) is 21.7. The number of benzene rings is 9. The normalized spacial score (nSPS) is 19.4. The fourth-order valence-corrected chi connectivity index (χ4v) is 15.4. The van der Waals surface area contributed by atoms with Crippen molar-refractivity contribution in [2.24, 2.45) is 23.7 Å². The molecular formula is C69H61N. The van der Waals surface area contributed by atoms with Gasteiger partial charge in [0.25, 0.3) is 0 Å². The molecule has 1 nitrogen and oxygen atoms in total. The van der Waals surface area contributed by atoms with Gasteiger partial charge in [0, 0.05) is 22.2 Å². The second kappa shape index (κ2) is 15.6. The molecule has 3 atom stereocenters. The van der Waals surface area contributed by atoms with Crippen LogP contribution in [0.5, 0.6) is 0 Å². The van der Waals surface area contributed by atoms with Crippen LogP contribution in [0.15, 0.2) is 212 Å². The Kier molecular flexibility index (Phi) is 9.58. The molecule has 0 spiro atoms. The van der Waals surface area contributed by atoms with Crippen molar-refractivity contribution in [3.63, 3.8) is 0 Å². The van der Waals surface area contributed by atoms with Gasteiger partial charge in [-0.2, -0.15) is 0 Å². The highest BCUT2D eigenvalue weighted by atomic mass is 15.2. The summed E-state index contributed by atoms with van der Waals surface area (Å²) in [5.41, 5.74) is 25.0. The summed E-state index contributed by atoms with van der Waals surface area (Å²) in [4.78, 5) is 2.77. The van der Waals surface area contributed by atoms with Crippen LogP contribution in [0.2, 0.25) is 0 Å². The van der Waals surface area contributed by atoms with Crippen LogP contribution in [0.1, 0.15) is 105 Å². The lowest BCUT2D eigenvalue weighted by Crippen LogP contribution is -2.50. The second-order valence-electron chi connectivity index (χ2n) is 21.7. The van der Waals surface area contributed by atoms with Gasteiger partial charge in [-0.1, -0.05) is 230 Å². The van der Waals surface area contributed by atoms with Gasteiger partial charge in [-0.05, 0) is 149 Å². The topological polar surface area (TPSA) is 3.24 Å². The van der Waals surface area contributed by atoms with Crippen LogP contribution < -0.4 is 4.90 Å². The monoisotopic (exact) mass is 903 g/mol. The first-order valence-corrected chi connectivity index (χ1v) is 25.9. The molecule has 0 saturated carbocycles. The molecule has 3 aliphatic carbocycles. The van der Waals surface area contributed by atoms with E-state index in [0.29, 0.717) is 17.8 Å². The Labute approximate surface area is 415 Å². The molecule has 4 aliphatic rings. The summed E-state index contributed by atoms with van der Waals surface area (Å²) in [5.74, 6) is 1.34. The minimum Gasteiger partial charge on any atom is -0.333 e. The van der Waals surface area contributed by atoms with Gasteiger partial charge in [0.05, 0.1) is 11.5 Å². The fraction of sp³-hybridized carbons (Fsp3) is 0.217. The zero-order valence-corrected chi connectivity index (χ0v) is 41.5. The lowest BCUT2D eigenvalue weighted by atomic mass is 9.56. The standard InChI is InChI=1S/C69H61N/c1-43(2)67(44(3)4)59-31-19-18-29-54(59)57-41-63-58(42-62(57)67)56-30-21-33-64-65(56)68(63,45(5)6)46(7)66(49-36-34-48(35-37-49)47-22-11-8-12-23-47)70(64)52-38-39-55-53-28-17-20-32-60(53)69(61(55)40-52,50-24-13-9-14-25-50)51-26-15-10-16-27-51/h8-46,66H,1-7H3. The summed E-state index contributed by atoms with van der Waals surface area (Å²) < 4.78 is 0. The van der Waals surface area contributed by atoms with E-state index < -0.39 is 5.41 Å². The van der Waals surface area contributed by atoms with Gasteiger partial charge in [-0.25, -0.2) is 0 Å². The van der Waals surface area contributed by atoms with Gasteiger partial charge < -0.3 is 4.90 Å². The molecule has 0 fully saturated rings. The fourth-order valence-electron chi connectivity index (χ4n) is 15.4. The van der Waals surface area contributed by atoms with E-state index in [1.807, 2.05) is 0 Å². The lowest BCUT2D eigenvalue weighted by molar-refractivity contribution is 0.215. The van der Waals surface area contributed by atoms with E-state index in [9.17, 15) is 0 Å². The van der Waals surface area contributed by atoms with Crippen LogP contribution in [0.4, 0.5) is 11.4 Å². The minimum atomic E-state index is -0.509. The van der Waals surface area contributed by atoms with Gasteiger partial charge in [-0.3, -0.25) is 0 Å². The first-order valence-electron chi connectivity index (χ1n) is 25.9. The van der Waals surface area contributed by atoms with Crippen LogP contribution in [0.25, 0.3) is 44.5 Å². The highest BCUT2D eigenvalue weighted by molar-refractivity contribution is 5.96. The maximum atomic E-state index is 2.77. The number of anilines is 2. The molecule has 9 aromatic rings. The molecule has 1 aliphatic heterocycles. The van der Waals surface area contributed by atoms with Gasteiger partial charge in [0.15, 0.2) is 0 Å². The summed E-state index contributed by atoms with van der Waals surface area (Å²) in [7, 11) is 0. The smallest absolute Gasteiger partial charge is 0.0714 e. The summed E-state index contributed by atoms with van der Waals surface area (Å²) in [6.45, 7) is 17.4. The van der Waals surface area contributed by atoms with Crippen LogP contribution in [0.3, 0.4) is 0 Å². The molecular weight excluding hydrogens is 843 g/mol. The SMILES string of the molecule is CC(C)C1(C(C)C)c2ccccc2-c2cc3c(cc21)-c1cccc2c1C3(C(C)C)C(C)C(c1ccc(-c3ccccc3)cc1)N2c1ccc2c(c1)C(c1ccccc1)(c1ccccc1)c1ccccc1-2. The van der Waals surface area contributed by atoms with Crippen molar-refractivity contribution >= 4 is 11.4 Å². The Morgan fingerprint density at radius 2 is 0.900 bits per heavy atom. The average molecular weight is 904 g/mol. The van der Waals surface area contributed by atoms with E-state index in [1.54, 1.807) is 0 Å². The molecule has 0 saturated heterocycles. The van der Waals surface area contributed by atoms with Crippen LogP contribution >= 0.6 is 0 Å². The summed E-state index contributed by atoms with van der Waals surface area (Å²) >= 11 is 0. The van der Waals surface area contributed by atoms with E-state index in [4.69, 9.17) is 0 Å². The van der Waals surface area contributed by atoms with E-state index in [2.05, 4.69) is 266 Å². The summed E-state index contributed by atoms with van der Waals surface area (Å²) in [6.07, 6.45) is 0. The molecule has 9 aromatic carbocycles. The first-order chi connectivity index (χ1) is 34.1. The highest BCUT2D eigenvalue weighted by Gasteiger charge is 2.59. The summed E-state index contributed by atoms with van der Waals surface area (Å²) in [5, 5.41) is 0. The van der Waals surface area contributed by atoms with Crippen LogP contribution in [0, 0.1) is 23.7 Å². The Balaban J connectivity index is 1.10. The molecule has 0 bridgehead atoms. The Bertz CT molecular complexity index is 3440. The molecule has 3 unspecified atom stereocenters. The van der Waals surface area contributed by atoms with Crippen molar-refractivity contribution in [1.29, 1.82) is 0 Å². The van der Waals surface area contributed by atoms with Crippen molar-refractivity contribution in [3.05, 3.63) is 262 Å². The summed E-state index contributed by atoms with van der Waals surface area (Å²) in [6, 6.07) is 81.6. The zero-order chi connectivity index (χ0) is 47.7. The number of hydrogen-bond acceptors (Lipinski definition) is 1. The lowest BCUT2D eigenvalue weighted by Gasteiger charge is -2.54. The molecule has 0 aromatic heterocycles. The van der Waals surface area contributed by atoms with E-state index in [1.165, 1.54) is 106 Å². The van der Waals surface area contributed by atoms with Gasteiger partial charge in [-0.15, -0.1) is 0 Å². The predicted octanol–water partition coefficient (Wildman–Crippen LogP) is 17.7. The first kappa shape index (κ1) is 42.8. The highest BCUT2D eigenvalue weighted by Crippen LogP contribution is 2.69. The Hall–Kier alpha value is -7.22. The molecule has 1 heterocycles. The minimum absolute atomic E-state index is 0.0107. The molecule has 1 heteroatoms. The van der Waals surface area contributed by atoms with Crippen molar-refractivity contribution in [1.82, 2.24) is 0 Å². The number of rotatable bonds is 8. The maximum absolute atomic E-state index is 2.77. The molecule has 342 valence electrons. The molecule has 0 amide bonds. The average Bonchev–Trinajstić information content (AvgIpc) is 3.99. The molecule has 0 radical (unpaired) electrons. The third kappa shape index (κ3) is 5.44. The number of fused-ring (bicyclic) bond motifs is 9. The van der Waals surface area contributed by atoms with Crippen LogP contribution in [-0.2, 0) is 16.2 Å². The van der Waals surface area contributed by atoms with Crippen molar-refractivity contribution in [2.45, 2.75) is 70.8 Å². The van der Waals surface area contributed by atoms with Crippen molar-refractivity contribution < 1.29 is 0 Å². The Morgan fingerprint density at radius 1 is 0.386 bits per heavy atom. The maximum Gasteiger partial charge on any atom is 0.0714 e. The molecule has 0 N–H and O–H groups in total. The zero-order valence-electron chi connectivity index (χ0n) is 41.5. The Morgan fingerprint density at radius 3 is 1.53 bits per heavy atom. The van der Waals surface area contributed by atoms with Crippen LogP contribution in [-0.4, -0.2) is 0 Å². The molecule has 70 heavy (non-hydrogen) atoms. The van der Waals surface area contributed by atoms with Gasteiger partial charge >= 0.3 is 0 Å². The largest absolute Gasteiger partial charge is 0.333 e. The van der Waals surface area contributed by atoms with E-state index >= 15 is 0 Å². The third-order valence-electron chi connectivity index (χ3n) is 18.0. The van der Waals surface area contributed by atoms with Crippen molar-refractivity contribution in [3.8, 4) is 44.5 Å². The van der Waals surface area contributed by atoms with Crippen molar-refractivity contribution in [2.75, 3.05) is 4.90 Å². The number of nitrogens with zero attached hydrogens (tertiary/aromatic N) is 1. The van der Waals surface area contributed by atoms with Gasteiger partial charge in [0.2, 0.25) is 0 Å². The quantitative estimate of drug-likeness (QED) is 0.147. The van der Waals surface area contributed by atoms with Gasteiger partial charge in [0.1, 0.15) is 0 Å².